The smallest absolute Gasteiger partial charge is 0.161 e. The van der Waals surface area contributed by atoms with Crippen molar-refractivity contribution in [3.05, 3.63) is 64.1 Å². The summed E-state index contributed by atoms with van der Waals surface area (Å²) >= 11 is 9.30. The molecule has 0 fully saturated rings. The first-order valence-electron chi connectivity index (χ1n) is 8.20. The number of halogens is 2. The number of allylic oxidation sites excluding steroid dienone is 1. The molecule has 0 saturated heterocycles. The Labute approximate surface area is 167 Å². The molecule has 0 bridgehead atoms. The Balaban J connectivity index is 1.66. The standard InChI is InChI=1S/C20H22BrClO4/c1-3-4-15-5-7-19(20(13-15)23-2)26-12-10-24-9-11-25-18-8-6-16(22)14-17(18)21/h3,5-8,13-14H,1,4,9-12H2,2H3. The van der Waals surface area contributed by atoms with Crippen molar-refractivity contribution in [3.8, 4) is 17.2 Å². The second-order valence-electron chi connectivity index (χ2n) is 5.36. The first-order valence-corrected chi connectivity index (χ1v) is 9.37. The highest BCUT2D eigenvalue weighted by atomic mass is 79.9. The monoisotopic (exact) mass is 440 g/mol. The molecule has 2 aromatic carbocycles. The topological polar surface area (TPSA) is 36.9 Å². The lowest BCUT2D eigenvalue weighted by molar-refractivity contribution is 0.0755. The van der Waals surface area contributed by atoms with E-state index in [0.717, 1.165) is 22.2 Å². The van der Waals surface area contributed by atoms with Crippen LogP contribution in [0.15, 0.2) is 53.5 Å². The third kappa shape index (κ3) is 6.56. The van der Waals surface area contributed by atoms with E-state index in [4.69, 9.17) is 30.5 Å². The van der Waals surface area contributed by atoms with Crippen LogP contribution in [0.25, 0.3) is 0 Å². The Hall–Kier alpha value is -1.69. The largest absolute Gasteiger partial charge is 0.493 e. The molecule has 0 spiro atoms. The highest BCUT2D eigenvalue weighted by Crippen LogP contribution is 2.29. The number of ether oxygens (including phenoxy) is 4. The van der Waals surface area contributed by atoms with Crippen LogP contribution in [0.2, 0.25) is 5.02 Å². The van der Waals surface area contributed by atoms with Crippen molar-refractivity contribution in [2.24, 2.45) is 0 Å². The predicted octanol–water partition coefficient (Wildman–Crippen LogP) is 5.31. The summed E-state index contributed by atoms with van der Waals surface area (Å²) in [7, 11) is 1.63. The minimum Gasteiger partial charge on any atom is -0.493 e. The number of benzene rings is 2. The molecule has 0 aliphatic rings. The summed E-state index contributed by atoms with van der Waals surface area (Å²) in [6, 6.07) is 11.2. The molecule has 0 atom stereocenters. The Morgan fingerprint density at radius 3 is 2.31 bits per heavy atom. The third-order valence-corrected chi connectivity index (χ3v) is 4.33. The number of rotatable bonds is 11. The van der Waals surface area contributed by atoms with Gasteiger partial charge < -0.3 is 18.9 Å². The summed E-state index contributed by atoms with van der Waals surface area (Å²) < 4.78 is 23.1. The molecule has 0 aliphatic heterocycles. The SMILES string of the molecule is C=CCc1ccc(OCCOCCOc2ccc(Cl)cc2Br)c(OC)c1. The summed E-state index contributed by atoms with van der Waals surface area (Å²) in [5.74, 6) is 2.14. The van der Waals surface area contributed by atoms with E-state index in [1.54, 1.807) is 19.2 Å². The molecular weight excluding hydrogens is 420 g/mol. The first kappa shape index (κ1) is 20.6. The Bertz CT molecular complexity index is 721. The first-order chi connectivity index (χ1) is 12.6. The average Bonchev–Trinajstić information content (AvgIpc) is 2.63. The van der Waals surface area contributed by atoms with Crippen LogP contribution in [0.5, 0.6) is 17.2 Å². The molecule has 2 rings (SSSR count). The highest BCUT2D eigenvalue weighted by Gasteiger charge is 2.05. The molecule has 0 heterocycles. The normalized spacial score (nSPS) is 10.4. The second-order valence-corrected chi connectivity index (χ2v) is 6.65. The van der Waals surface area contributed by atoms with Crippen molar-refractivity contribution >= 4 is 27.5 Å². The van der Waals surface area contributed by atoms with Crippen LogP contribution < -0.4 is 14.2 Å². The van der Waals surface area contributed by atoms with E-state index in [1.807, 2.05) is 30.3 Å². The zero-order chi connectivity index (χ0) is 18.8. The van der Waals surface area contributed by atoms with Gasteiger partial charge in [0.25, 0.3) is 0 Å². The average molecular weight is 442 g/mol. The van der Waals surface area contributed by atoms with Gasteiger partial charge in [0.15, 0.2) is 11.5 Å². The maximum absolute atomic E-state index is 5.89. The van der Waals surface area contributed by atoms with Crippen LogP contribution in [0.3, 0.4) is 0 Å². The summed E-state index contributed by atoms with van der Waals surface area (Å²) in [5, 5.41) is 0.658. The molecule has 26 heavy (non-hydrogen) atoms. The Morgan fingerprint density at radius 2 is 1.65 bits per heavy atom. The lowest BCUT2D eigenvalue weighted by atomic mass is 10.1. The van der Waals surface area contributed by atoms with Crippen LogP contribution in [0.1, 0.15) is 5.56 Å². The number of methoxy groups -OCH3 is 1. The van der Waals surface area contributed by atoms with Gasteiger partial charge in [-0.15, -0.1) is 6.58 Å². The summed E-state index contributed by atoms with van der Waals surface area (Å²) in [5.41, 5.74) is 1.13. The van der Waals surface area contributed by atoms with E-state index >= 15 is 0 Å². The third-order valence-electron chi connectivity index (χ3n) is 3.47. The molecule has 0 aliphatic carbocycles. The van der Waals surface area contributed by atoms with E-state index in [-0.39, 0.29) is 0 Å². The number of hydrogen-bond acceptors (Lipinski definition) is 4. The lowest BCUT2D eigenvalue weighted by Gasteiger charge is -2.12. The van der Waals surface area contributed by atoms with Gasteiger partial charge in [0, 0.05) is 5.02 Å². The maximum Gasteiger partial charge on any atom is 0.161 e. The van der Waals surface area contributed by atoms with Crippen molar-refractivity contribution in [3.63, 3.8) is 0 Å². The molecule has 140 valence electrons. The zero-order valence-corrected chi connectivity index (χ0v) is 17.0. The summed E-state index contributed by atoms with van der Waals surface area (Å²) in [4.78, 5) is 0. The molecule has 2 aromatic rings. The Morgan fingerprint density at radius 1 is 0.962 bits per heavy atom. The van der Waals surface area contributed by atoms with E-state index in [2.05, 4.69) is 22.5 Å². The lowest BCUT2D eigenvalue weighted by Crippen LogP contribution is -2.12. The minimum atomic E-state index is 0.432. The summed E-state index contributed by atoms with van der Waals surface area (Å²) in [6.45, 7) is 5.54. The van der Waals surface area contributed by atoms with Gasteiger partial charge in [-0.3, -0.25) is 0 Å². The van der Waals surface area contributed by atoms with Gasteiger partial charge in [0.2, 0.25) is 0 Å². The van der Waals surface area contributed by atoms with Gasteiger partial charge in [-0.25, -0.2) is 0 Å². The maximum atomic E-state index is 5.89. The fourth-order valence-electron chi connectivity index (χ4n) is 2.24. The number of hydrogen-bond donors (Lipinski definition) is 0. The van der Waals surface area contributed by atoms with Crippen molar-refractivity contribution < 1.29 is 18.9 Å². The molecule has 0 saturated carbocycles. The van der Waals surface area contributed by atoms with Gasteiger partial charge in [-0.1, -0.05) is 23.7 Å². The second kappa shape index (κ2) is 11.1. The molecule has 0 unspecified atom stereocenters. The van der Waals surface area contributed by atoms with Crippen LogP contribution in [-0.4, -0.2) is 33.5 Å². The molecule has 0 aromatic heterocycles. The summed E-state index contributed by atoms with van der Waals surface area (Å²) in [6.07, 6.45) is 2.65. The fourth-order valence-corrected chi connectivity index (χ4v) is 3.04. The van der Waals surface area contributed by atoms with Crippen molar-refractivity contribution in [1.82, 2.24) is 0 Å². The van der Waals surface area contributed by atoms with Crippen LogP contribution in [0, 0.1) is 0 Å². The highest BCUT2D eigenvalue weighted by molar-refractivity contribution is 9.10. The van der Waals surface area contributed by atoms with Crippen LogP contribution in [-0.2, 0) is 11.2 Å². The van der Waals surface area contributed by atoms with Gasteiger partial charge in [-0.2, -0.15) is 0 Å². The molecule has 0 amide bonds. The Kier molecular flexibility index (Phi) is 8.81. The van der Waals surface area contributed by atoms with Crippen molar-refractivity contribution in [1.29, 1.82) is 0 Å². The molecule has 4 nitrogen and oxygen atoms in total. The van der Waals surface area contributed by atoms with Gasteiger partial charge in [0.05, 0.1) is 24.8 Å². The van der Waals surface area contributed by atoms with Crippen molar-refractivity contribution in [2.45, 2.75) is 6.42 Å². The predicted molar refractivity (Wildman–Crippen MR) is 108 cm³/mol. The van der Waals surface area contributed by atoms with Crippen molar-refractivity contribution in [2.75, 3.05) is 33.5 Å². The minimum absolute atomic E-state index is 0.432. The van der Waals surface area contributed by atoms with E-state index < -0.39 is 0 Å². The quantitative estimate of drug-likeness (QED) is 0.350. The van der Waals surface area contributed by atoms with Gasteiger partial charge >= 0.3 is 0 Å². The molecule has 0 radical (unpaired) electrons. The zero-order valence-electron chi connectivity index (χ0n) is 14.7. The van der Waals surface area contributed by atoms with Crippen LogP contribution in [0.4, 0.5) is 0 Å². The van der Waals surface area contributed by atoms with Crippen LogP contribution >= 0.6 is 27.5 Å². The molecule has 6 heteroatoms. The van der Waals surface area contributed by atoms with E-state index in [1.165, 1.54) is 0 Å². The van der Waals surface area contributed by atoms with E-state index in [0.29, 0.717) is 42.9 Å². The fraction of sp³-hybridized carbons (Fsp3) is 0.300. The van der Waals surface area contributed by atoms with Gasteiger partial charge in [0.1, 0.15) is 19.0 Å². The van der Waals surface area contributed by atoms with Gasteiger partial charge in [-0.05, 0) is 58.2 Å². The van der Waals surface area contributed by atoms with E-state index in [9.17, 15) is 0 Å². The molecular formula is C20H22BrClO4. The molecule has 0 N–H and O–H groups in total.